The van der Waals surface area contributed by atoms with Gasteiger partial charge >= 0.3 is 0 Å². The number of para-hydroxylation sites is 1. The molecular formula is C16H13FN2OS. The number of nitrogens with one attached hydrogen (secondary N) is 1. The maximum atomic E-state index is 12.9. The lowest BCUT2D eigenvalue weighted by Gasteiger charge is -2.11. The third kappa shape index (κ3) is 2.97. The lowest BCUT2D eigenvalue weighted by Crippen LogP contribution is -2.12. The second-order valence-electron chi connectivity index (χ2n) is 4.68. The monoisotopic (exact) mass is 300 g/mol. The zero-order chi connectivity index (χ0) is 14.8. The molecule has 21 heavy (non-hydrogen) atoms. The molecule has 106 valence electrons. The zero-order valence-corrected chi connectivity index (χ0v) is 12.2. The number of benzene rings is 2. The van der Waals surface area contributed by atoms with Crippen molar-refractivity contribution < 1.29 is 4.39 Å². The van der Waals surface area contributed by atoms with Crippen LogP contribution in [0.15, 0.2) is 58.2 Å². The number of nitrogens with zero attached hydrogens (tertiary/aromatic N) is 1. The summed E-state index contributed by atoms with van der Waals surface area (Å²) in [6.07, 6.45) is 0. The third-order valence-corrected chi connectivity index (χ3v) is 4.26. The highest BCUT2D eigenvalue weighted by Gasteiger charge is 2.12. The molecule has 1 heterocycles. The van der Waals surface area contributed by atoms with Gasteiger partial charge in [0.1, 0.15) is 11.6 Å². The number of halogens is 1. The van der Waals surface area contributed by atoms with Crippen LogP contribution in [0.25, 0.3) is 10.9 Å². The molecule has 0 fully saturated rings. The fourth-order valence-corrected chi connectivity index (χ4v) is 2.99. The summed E-state index contributed by atoms with van der Waals surface area (Å²) in [5, 5.41) is 0.549. The summed E-state index contributed by atoms with van der Waals surface area (Å²) in [5.74, 6) is 0.359. The summed E-state index contributed by atoms with van der Waals surface area (Å²) in [6, 6.07) is 13.5. The van der Waals surface area contributed by atoms with Crippen molar-refractivity contribution in [2.75, 3.05) is 0 Å². The van der Waals surface area contributed by atoms with E-state index >= 15 is 0 Å². The molecule has 0 unspecified atom stereocenters. The Hall–Kier alpha value is -2.14. The van der Waals surface area contributed by atoms with Gasteiger partial charge in [0.05, 0.1) is 16.2 Å². The van der Waals surface area contributed by atoms with Crippen LogP contribution < -0.4 is 5.56 Å². The minimum atomic E-state index is -0.260. The number of aromatic amines is 1. The molecule has 5 heteroatoms. The number of thioether (sulfide) groups is 1. The van der Waals surface area contributed by atoms with Crippen LogP contribution in [0.4, 0.5) is 4.39 Å². The fourth-order valence-electron chi connectivity index (χ4n) is 2.07. The summed E-state index contributed by atoms with van der Waals surface area (Å²) in [7, 11) is 0. The van der Waals surface area contributed by atoms with Gasteiger partial charge < -0.3 is 4.98 Å². The summed E-state index contributed by atoms with van der Waals surface area (Å²) >= 11 is 1.52. The highest BCUT2D eigenvalue weighted by molar-refractivity contribution is 7.99. The van der Waals surface area contributed by atoms with Gasteiger partial charge in [-0.15, -0.1) is 11.8 Å². The number of aromatic nitrogens is 2. The van der Waals surface area contributed by atoms with Gasteiger partial charge in [0, 0.05) is 4.90 Å². The summed E-state index contributed by atoms with van der Waals surface area (Å²) in [5.41, 5.74) is 0.546. The Morgan fingerprint density at radius 3 is 2.62 bits per heavy atom. The number of hydrogen-bond donors (Lipinski definition) is 1. The Kier molecular flexibility index (Phi) is 3.75. The van der Waals surface area contributed by atoms with E-state index in [4.69, 9.17) is 0 Å². The van der Waals surface area contributed by atoms with E-state index < -0.39 is 0 Å². The van der Waals surface area contributed by atoms with Crippen LogP contribution >= 0.6 is 11.8 Å². The average molecular weight is 300 g/mol. The van der Waals surface area contributed by atoms with E-state index in [1.165, 1.54) is 23.9 Å². The Bertz CT molecular complexity index is 830. The van der Waals surface area contributed by atoms with Crippen molar-refractivity contribution >= 4 is 22.7 Å². The lowest BCUT2D eigenvalue weighted by molar-refractivity contribution is 0.626. The van der Waals surface area contributed by atoms with E-state index in [-0.39, 0.29) is 16.6 Å². The number of fused-ring (bicyclic) bond motifs is 1. The second kappa shape index (κ2) is 5.69. The van der Waals surface area contributed by atoms with Crippen LogP contribution in [0.5, 0.6) is 0 Å². The molecule has 0 aliphatic heterocycles. The number of rotatable bonds is 3. The number of hydrogen-bond acceptors (Lipinski definition) is 3. The number of H-pyrrole nitrogens is 1. The van der Waals surface area contributed by atoms with Crippen molar-refractivity contribution in [3.05, 3.63) is 70.5 Å². The largest absolute Gasteiger partial charge is 0.309 e. The first kappa shape index (κ1) is 13.8. The van der Waals surface area contributed by atoms with E-state index in [1.807, 2.05) is 25.1 Å². The fraction of sp³-hybridized carbons (Fsp3) is 0.125. The predicted octanol–water partition coefficient (Wildman–Crippen LogP) is 3.92. The molecule has 3 aromatic rings. The molecule has 1 N–H and O–H groups in total. The van der Waals surface area contributed by atoms with Crippen LogP contribution in [0.3, 0.4) is 0 Å². The molecule has 3 rings (SSSR count). The summed E-state index contributed by atoms with van der Waals surface area (Å²) in [6.45, 7) is 1.96. The molecule has 0 aliphatic carbocycles. The molecule has 0 aliphatic rings. The van der Waals surface area contributed by atoms with Crippen molar-refractivity contribution in [2.45, 2.75) is 17.1 Å². The molecule has 3 nitrogen and oxygen atoms in total. The molecule has 0 saturated heterocycles. The van der Waals surface area contributed by atoms with E-state index in [2.05, 4.69) is 9.97 Å². The van der Waals surface area contributed by atoms with Gasteiger partial charge in [0.25, 0.3) is 5.56 Å². The normalized spacial score (nSPS) is 12.5. The first-order valence-electron chi connectivity index (χ1n) is 6.54. The van der Waals surface area contributed by atoms with Crippen molar-refractivity contribution in [1.29, 1.82) is 0 Å². The smallest absolute Gasteiger partial charge is 0.258 e. The van der Waals surface area contributed by atoms with E-state index in [0.717, 1.165) is 4.90 Å². The second-order valence-corrected chi connectivity index (χ2v) is 6.10. The molecule has 0 bridgehead atoms. The van der Waals surface area contributed by atoms with E-state index in [1.54, 1.807) is 18.2 Å². The van der Waals surface area contributed by atoms with Gasteiger partial charge in [-0.2, -0.15) is 0 Å². The quantitative estimate of drug-likeness (QED) is 0.746. The van der Waals surface area contributed by atoms with Crippen LogP contribution in [0.2, 0.25) is 0 Å². The molecule has 2 aromatic carbocycles. The first-order valence-corrected chi connectivity index (χ1v) is 7.42. The standard InChI is InChI=1S/C16H13FN2OS/c1-10(21-12-8-6-11(17)7-9-12)15-18-14-5-3-2-4-13(14)16(20)19-15/h2-10H,1H3,(H,18,19,20)/t10-/m0/s1. The Labute approximate surface area is 125 Å². The van der Waals surface area contributed by atoms with Gasteiger partial charge in [-0.05, 0) is 43.3 Å². The third-order valence-electron chi connectivity index (χ3n) is 3.14. The average Bonchev–Trinajstić information content (AvgIpc) is 2.49. The minimum absolute atomic E-state index is 0.0345. The summed E-state index contributed by atoms with van der Waals surface area (Å²) in [4.78, 5) is 20.3. The maximum absolute atomic E-state index is 12.9. The highest BCUT2D eigenvalue weighted by atomic mass is 32.2. The molecule has 1 atom stereocenters. The highest BCUT2D eigenvalue weighted by Crippen LogP contribution is 2.32. The van der Waals surface area contributed by atoms with Crippen LogP contribution in [-0.2, 0) is 0 Å². The maximum Gasteiger partial charge on any atom is 0.258 e. The van der Waals surface area contributed by atoms with Gasteiger partial charge in [0.2, 0.25) is 0 Å². The van der Waals surface area contributed by atoms with Crippen LogP contribution in [-0.4, -0.2) is 9.97 Å². The van der Waals surface area contributed by atoms with Gasteiger partial charge in [-0.1, -0.05) is 12.1 Å². The zero-order valence-electron chi connectivity index (χ0n) is 11.3. The Balaban J connectivity index is 1.92. The van der Waals surface area contributed by atoms with Crippen LogP contribution in [0, 0.1) is 5.82 Å². The molecule has 1 aromatic heterocycles. The molecule has 0 saturated carbocycles. The molecule has 0 spiro atoms. The van der Waals surface area contributed by atoms with Crippen molar-refractivity contribution in [3.63, 3.8) is 0 Å². The Morgan fingerprint density at radius 1 is 1.14 bits per heavy atom. The summed E-state index contributed by atoms with van der Waals surface area (Å²) < 4.78 is 12.9. The molecule has 0 amide bonds. The SMILES string of the molecule is C[C@H](Sc1ccc(F)cc1)c1nc2ccccc2c(=O)[nH]1. The van der Waals surface area contributed by atoms with Gasteiger partial charge in [0.15, 0.2) is 0 Å². The molecule has 0 radical (unpaired) electrons. The lowest BCUT2D eigenvalue weighted by atomic mass is 10.2. The first-order chi connectivity index (χ1) is 10.1. The van der Waals surface area contributed by atoms with Gasteiger partial charge in [-0.25, -0.2) is 9.37 Å². The van der Waals surface area contributed by atoms with Crippen molar-refractivity contribution in [3.8, 4) is 0 Å². The van der Waals surface area contributed by atoms with E-state index in [0.29, 0.717) is 16.7 Å². The van der Waals surface area contributed by atoms with Gasteiger partial charge in [-0.3, -0.25) is 4.79 Å². The minimum Gasteiger partial charge on any atom is -0.309 e. The van der Waals surface area contributed by atoms with Crippen molar-refractivity contribution in [1.82, 2.24) is 9.97 Å². The van der Waals surface area contributed by atoms with Crippen LogP contribution in [0.1, 0.15) is 18.0 Å². The molecular weight excluding hydrogens is 287 g/mol. The van der Waals surface area contributed by atoms with E-state index in [9.17, 15) is 9.18 Å². The predicted molar refractivity (Wildman–Crippen MR) is 83.0 cm³/mol. The topological polar surface area (TPSA) is 45.8 Å². The Morgan fingerprint density at radius 2 is 1.86 bits per heavy atom. The van der Waals surface area contributed by atoms with Crippen molar-refractivity contribution in [2.24, 2.45) is 0 Å².